The highest BCUT2D eigenvalue weighted by Gasteiger charge is 2.41. The van der Waals surface area contributed by atoms with Crippen LogP contribution < -0.4 is 5.73 Å². The minimum atomic E-state index is -0.815. The van der Waals surface area contributed by atoms with Crippen molar-refractivity contribution in [3.05, 3.63) is 57.8 Å². The van der Waals surface area contributed by atoms with Gasteiger partial charge in [0, 0.05) is 17.8 Å². The molecular formula is C16H19NO2S. The first-order valence-electron chi connectivity index (χ1n) is 6.51. The first kappa shape index (κ1) is 14.8. The fourth-order valence-electron chi connectivity index (χ4n) is 2.56. The second-order valence-electron chi connectivity index (χ2n) is 4.85. The zero-order valence-corrected chi connectivity index (χ0v) is 12.6. The highest BCUT2D eigenvalue weighted by molar-refractivity contribution is 7.09. The number of nitrogens with two attached hydrogens (primary N) is 1. The molecule has 0 aliphatic rings. The lowest BCUT2D eigenvalue weighted by Crippen LogP contribution is -2.46. The predicted octanol–water partition coefficient (Wildman–Crippen LogP) is 2.67. The molecule has 1 aromatic heterocycles. The summed E-state index contributed by atoms with van der Waals surface area (Å²) >= 11 is 1.63. The summed E-state index contributed by atoms with van der Waals surface area (Å²) in [4.78, 5) is 13.6. The van der Waals surface area contributed by atoms with Crippen LogP contribution in [-0.4, -0.2) is 19.6 Å². The van der Waals surface area contributed by atoms with E-state index in [1.807, 2.05) is 48.7 Å². The molecule has 1 atom stereocenters. The summed E-state index contributed by atoms with van der Waals surface area (Å²) in [6.45, 7) is 2.22. The number of esters is 1. The van der Waals surface area contributed by atoms with Crippen LogP contribution in [0.3, 0.4) is 0 Å². The van der Waals surface area contributed by atoms with Crippen LogP contribution >= 0.6 is 11.3 Å². The van der Waals surface area contributed by atoms with Gasteiger partial charge >= 0.3 is 5.97 Å². The average Bonchev–Trinajstić information content (AvgIpc) is 2.97. The largest absolute Gasteiger partial charge is 0.468 e. The van der Waals surface area contributed by atoms with E-state index in [4.69, 9.17) is 10.5 Å². The lowest BCUT2D eigenvalue weighted by molar-refractivity contribution is -0.147. The lowest BCUT2D eigenvalue weighted by atomic mass is 9.75. The third kappa shape index (κ3) is 2.62. The molecule has 2 rings (SSSR count). The Kier molecular flexibility index (Phi) is 4.57. The molecule has 2 aromatic rings. The summed E-state index contributed by atoms with van der Waals surface area (Å²) in [5.41, 5.74) is 7.19. The fraction of sp³-hybridized carbons (Fsp3) is 0.312. The van der Waals surface area contributed by atoms with Gasteiger partial charge in [-0.05, 0) is 29.5 Å². The van der Waals surface area contributed by atoms with Gasteiger partial charge in [-0.25, -0.2) is 0 Å². The smallest absolute Gasteiger partial charge is 0.317 e. The number of aryl methyl sites for hydroxylation is 1. The molecule has 20 heavy (non-hydrogen) atoms. The van der Waals surface area contributed by atoms with Crippen LogP contribution in [0.5, 0.6) is 0 Å². The third-order valence-corrected chi connectivity index (χ3v) is 4.52. The molecule has 0 amide bonds. The molecule has 0 bridgehead atoms. The second-order valence-corrected chi connectivity index (χ2v) is 5.88. The number of carbonyl (C=O) groups excluding carboxylic acids is 1. The monoisotopic (exact) mass is 289 g/mol. The number of carbonyl (C=O) groups is 1. The Hall–Kier alpha value is -1.65. The highest BCUT2D eigenvalue weighted by atomic mass is 32.1. The summed E-state index contributed by atoms with van der Waals surface area (Å²) in [7, 11) is 1.42. The Morgan fingerprint density at radius 2 is 2.05 bits per heavy atom. The topological polar surface area (TPSA) is 52.3 Å². The molecular weight excluding hydrogens is 270 g/mol. The van der Waals surface area contributed by atoms with Crippen molar-refractivity contribution in [2.75, 3.05) is 13.7 Å². The summed E-state index contributed by atoms with van der Waals surface area (Å²) in [6.07, 6.45) is 0.568. The molecule has 0 radical (unpaired) electrons. The van der Waals surface area contributed by atoms with Crippen LogP contribution in [-0.2, 0) is 21.4 Å². The van der Waals surface area contributed by atoms with Crippen molar-refractivity contribution in [2.24, 2.45) is 5.73 Å². The molecule has 0 saturated carbocycles. The average molecular weight is 289 g/mol. The van der Waals surface area contributed by atoms with Crippen molar-refractivity contribution >= 4 is 17.3 Å². The Bertz CT molecular complexity index is 580. The Labute approximate surface area is 123 Å². The van der Waals surface area contributed by atoms with Crippen molar-refractivity contribution in [1.29, 1.82) is 0 Å². The van der Waals surface area contributed by atoms with Gasteiger partial charge in [-0.15, -0.1) is 11.3 Å². The number of methoxy groups -OCH3 is 1. The minimum absolute atomic E-state index is 0.225. The highest BCUT2D eigenvalue weighted by Crippen LogP contribution is 2.32. The van der Waals surface area contributed by atoms with Crippen molar-refractivity contribution < 1.29 is 9.53 Å². The zero-order valence-electron chi connectivity index (χ0n) is 11.8. The molecule has 1 aromatic carbocycles. The van der Waals surface area contributed by atoms with Gasteiger partial charge in [0.25, 0.3) is 0 Å². The SMILES string of the molecule is COC(=O)C(CN)(Cc1cccs1)c1ccccc1C. The van der Waals surface area contributed by atoms with Gasteiger partial charge in [-0.3, -0.25) is 4.79 Å². The molecule has 1 unspecified atom stereocenters. The Morgan fingerprint density at radius 3 is 2.60 bits per heavy atom. The molecule has 106 valence electrons. The molecule has 0 aliphatic carbocycles. The molecule has 4 heteroatoms. The fourth-order valence-corrected chi connectivity index (χ4v) is 3.38. The van der Waals surface area contributed by atoms with E-state index >= 15 is 0 Å². The maximum Gasteiger partial charge on any atom is 0.317 e. The van der Waals surface area contributed by atoms with E-state index in [0.717, 1.165) is 16.0 Å². The summed E-state index contributed by atoms with van der Waals surface area (Å²) in [5.74, 6) is -0.275. The molecule has 3 nitrogen and oxygen atoms in total. The standard InChI is InChI=1S/C16H19NO2S/c1-12-6-3-4-8-14(12)16(11-17,15(18)19-2)10-13-7-5-9-20-13/h3-9H,10-11,17H2,1-2H3. The van der Waals surface area contributed by atoms with Gasteiger partial charge in [-0.2, -0.15) is 0 Å². The summed E-state index contributed by atoms with van der Waals surface area (Å²) < 4.78 is 5.05. The molecule has 1 heterocycles. The number of rotatable bonds is 5. The van der Waals surface area contributed by atoms with E-state index in [1.165, 1.54) is 7.11 Å². The van der Waals surface area contributed by atoms with E-state index in [0.29, 0.717) is 6.42 Å². The second kappa shape index (κ2) is 6.20. The minimum Gasteiger partial charge on any atom is -0.468 e. The van der Waals surface area contributed by atoms with Gasteiger partial charge in [0.05, 0.1) is 7.11 Å². The number of ether oxygens (including phenoxy) is 1. The van der Waals surface area contributed by atoms with E-state index < -0.39 is 5.41 Å². The van der Waals surface area contributed by atoms with Crippen LogP contribution in [0.15, 0.2) is 41.8 Å². The molecule has 0 spiro atoms. The third-order valence-electron chi connectivity index (χ3n) is 3.64. The first-order valence-corrected chi connectivity index (χ1v) is 7.39. The van der Waals surface area contributed by atoms with Gasteiger partial charge in [-0.1, -0.05) is 30.3 Å². The zero-order chi connectivity index (χ0) is 14.6. The summed E-state index contributed by atoms with van der Waals surface area (Å²) in [6, 6.07) is 11.9. The normalized spacial score (nSPS) is 13.8. The predicted molar refractivity (Wildman–Crippen MR) is 82.0 cm³/mol. The summed E-state index contributed by atoms with van der Waals surface area (Å²) in [5, 5.41) is 2.01. The maximum absolute atomic E-state index is 12.4. The quantitative estimate of drug-likeness (QED) is 0.861. The maximum atomic E-state index is 12.4. The molecule has 0 fully saturated rings. The van der Waals surface area contributed by atoms with Gasteiger partial charge in [0.2, 0.25) is 0 Å². The first-order chi connectivity index (χ1) is 9.64. The van der Waals surface area contributed by atoms with Crippen molar-refractivity contribution in [2.45, 2.75) is 18.8 Å². The van der Waals surface area contributed by atoms with E-state index in [2.05, 4.69) is 0 Å². The van der Waals surface area contributed by atoms with E-state index in [1.54, 1.807) is 11.3 Å². The number of benzene rings is 1. The van der Waals surface area contributed by atoms with Gasteiger partial charge in [0.15, 0.2) is 0 Å². The van der Waals surface area contributed by atoms with Crippen molar-refractivity contribution in [1.82, 2.24) is 0 Å². The van der Waals surface area contributed by atoms with Crippen LogP contribution in [0.25, 0.3) is 0 Å². The van der Waals surface area contributed by atoms with E-state index in [-0.39, 0.29) is 12.5 Å². The van der Waals surface area contributed by atoms with E-state index in [9.17, 15) is 4.79 Å². The van der Waals surface area contributed by atoms with Crippen molar-refractivity contribution in [3.8, 4) is 0 Å². The molecule has 0 saturated heterocycles. The molecule has 0 aliphatic heterocycles. The Morgan fingerprint density at radius 1 is 1.30 bits per heavy atom. The number of thiophene rings is 1. The number of hydrogen-bond donors (Lipinski definition) is 1. The van der Waals surface area contributed by atoms with Crippen LogP contribution in [0.2, 0.25) is 0 Å². The van der Waals surface area contributed by atoms with Crippen molar-refractivity contribution in [3.63, 3.8) is 0 Å². The number of hydrogen-bond acceptors (Lipinski definition) is 4. The Balaban J connectivity index is 2.53. The van der Waals surface area contributed by atoms with Crippen LogP contribution in [0.4, 0.5) is 0 Å². The van der Waals surface area contributed by atoms with Crippen LogP contribution in [0, 0.1) is 6.92 Å². The lowest BCUT2D eigenvalue weighted by Gasteiger charge is -2.31. The van der Waals surface area contributed by atoms with Gasteiger partial charge < -0.3 is 10.5 Å². The van der Waals surface area contributed by atoms with Gasteiger partial charge in [0.1, 0.15) is 5.41 Å². The molecule has 2 N–H and O–H groups in total. The van der Waals surface area contributed by atoms with Crippen LogP contribution in [0.1, 0.15) is 16.0 Å².